The number of rotatable bonds is 3. The molecule has 132 valence electrons. The van der Waals surface area contributed by atoms with Crippen molar-refractivity contribution in [3.05, 3.63) is 96.8 Å². The zero-order chi connectivity index (χ0) is 19.3. The summed E-state index contributed by atoms with van der Waals surface area (Å²) in [6.45, 7) is 6.52. The zero-order valence-corrected chi connectivity index (χ0v) is 15.1. The van der Waals surface area contributed by atoms with E-state index in [1.165, 1.54) is 5.56 Å². The number of nitrogens with zero attached hydrogens (tertiary/aromatic N) is 2. The van der Waals surface area contributed by atoms with Crippen LogP contribution in [-0.2, 0) is 11.1 Å². The van der Waals surface area contributed by atoms with Gasteiger partial charge in [-0.1, -0.05) is 53.0 Å². The van der Waals surface area contributed by atoms with Gasteiger partial charge in [0, 0.05) is 16.5 Å². The summed E-state index contributed by atoms with van der Waals surface area (Å²) in [7, 11) is 0. The van der Waals surface area contributed by atoms with E-state index in [4.69, 9.17) is 27.9 Å². The van der Waals surface area contributed by atoms with Crippen LogP contribution in [-0.4, -0.2) is 14.8 Å². The topological polar surface area (TPSA) is 87.7 Å². The quantitative estimate of drug-likeness (QED) is 0.551. The molecule has 1 N–H and O–H groups in total. The first-order valence-corrected chi connectivity index (χ1v) is 8.12. The van der Waals surface area contributed by atoms with Crippen LogP contribution >= 0.6 is 23.2 Å². The minimum atomic E-state index is -0.652. The van der Waals surface area contributed by atoms with Gasteiger partial charge in [0.15, 0.2) is 0 Å². The average molecular weight is 390 g/mol. The molecule has 0 fully saturated rings. The summed E-state index contributed by atoms with van der Waals surface area (Å²) in [4.78, 5) is 25.1. The third kappa shape index (κ3) is 4.50. The summed E-state index contributed by atoms with van der Waals surface area (Å²) >= 11 is 12.7. The number of halogens is 2. The number of aromatic amines is 1. The van der Waals surface area contributed by atoms with Gasteiger partial charge in [-0.3, -0.25) is 9.78 Å². The van der Waals surface area contributed by atoms with Gasteiger partial charge in [-0.15, -0.1) is 0 Å². The molecule has 0 unspecified atom stereocenters. The normalized spacial score (nSPS) is 10.0. The van der Waals surface area contributed by atoms with Crippen molar-refractivity contribution in [2.75, 3.05) is 0 Å². The molecule has 1 heterocycles. The van der Waals surface area contributed by atoms with Crippen molar-refractivity contribution in [2.45, 2.75) is 13.3 Å². The third-order valence-electron chi connectivity index (χ3n) is 3.58. The molecule has 26 heavy (non-hydrogen) atoms. The second-order valence-corrected chi connectivity index (χ2v) is 6.22. The van der Waals surface area contributed by atoms with Gasteiger partial charge in [0.25, 0.3) is 5.56 Å². The standard InChI is InChI=1S/C17H13Cl2N3O2.CO/c1-10-2-4-11(5-3-10)6-13-14(18)7-12(8-15(13)19)22-17(24)21-16(23)9-20-22;1-2/h2-5,7-9H,6H2,1H3,(H,21,23,24);. The summed E-state index contributed by atoms with van der Waals surface area (Å²) < 4.78 is 8.54. The van der Waals surface area contributed by atoms with Gasteiger partial charge in [-0.05, 0) is 30.2 Å². The Morgan fingerprint density at radius 1 is 1.12 bits per heavy atom. The Bertz CT molecular complexity index is 1030. The molecule has 3 aromatic rings. The van der Waals surface area contributed by atoms with Crippen molar-refractivity contribution >= 4 is 23.2 Å². The molecule has 0 saturated carbocycles. The molecule has 0 radical (unpaired) electrons. The van der Waals surface area contributed by atoms with Gasteiger partial charge in [0.2, 0.25) is 0 Å². The van der Waals surface area contributed by atoms with Crippen LogP contribution in [0.5, 0.6) is 0 Å². The number of hydrogen-bond donors (Lipinski definition) is 1. The Hall–Kier alpha value is -2.63. The SMILES string of the molecule is Cc1ccc(Cc2c(Cl)cc(-n3ncc(=O)[nH]c3=O)cc2Cl)cc1.[C-]#[O+]. The fraction of sp³-hybridized carbons (Fsp3) is 0.111. The van der Waals surface area contributed by atoms with E-state index in [-0.39, 0.29) is 0 Å². The Balaban J connectivity index is 0.00000117. The van der Waals surface area contributed by atoms with Gasteiger partial charge >= 0.3 is 17.0 Å². The average Bonchev–Trinajstić information content (AvgIpc) is 2.61. The first-order chi connectivity index (χ1) is 12.4. The summed E-state index contributed by atoms with van der Waals surface area (Å²) in [5.41, 5.74) is 2.19. The van der Waals surface area contributed by atoms with Crippen molar-refractivity contribution in [3.63, 3.8) is 0 Å². The van der Waals surface area contributed by atoms with Gasteiger partial charge in [-0.2, -0.15) is 9.78 Å². The summed E-state index contributed by atoms with van der Waals surface area (Å²) in [6, 6.07) is 11.3. The van der Waals surface area contributed by atoms with Crippen LogP contribution < -0.4 is 11.2 Å². The van der Waals surface area contributed by atoms with Crippen LogP contribution in [0, 0.1) is 13.6 Å². The van der Waals surface area contributed by atoms with Crippen LogP contribution in [0.3, 0.4) is 0 Å². The predicted octanol–water partition coefficient (Wildman–Crippen LogP) is 3.09. The Morgan fingerprint density at radius 3 is 2.23 bits per heavy atom. The number of hydrogen-bond acceptors (Lipinski definition) is 3. The minimum absolute atomic E-state index is 0.388. The summed E-state index contributed by atoms with van der Waals surface area (Å²) in [5.74, 6) is 0. The molecular formula is C18H13Cl2N3O3. The van der Waals surface area contributed by atoms with Gasteiger partial charge in [-0.25, -0.2) is 4.79 Å². The van der Waals surface area contributed by atoms with Crippen LogP contribution in [0.4, 0.5) is 0 Å². The van der Waals surface area contributed by atoms with Gasteiger partial charge < -0.3 is 0 Å². The zero-order valence-electron chi connectivity index (χ0n) is 13.6. The first kappa shape index (κ1) is 19.7. The maximum atomic E-state index is 11.8. The van der Waals surface area contributed by atoms with E-state index in [0.29, 0.717) is 22.2 Å². The molecule has 0 spiro atoms. The number of benzene rings is 2. The number of H-pyrrole nitrogens is 1. The molecule has 0 aliphatic rings. The molecule has 0 aliphatic carbocycles. The third-order valence-corrected chi connectivity index (χ3v) is 4.26. The Labute approximate surface area is 158 Å². The molecule has 1 aromatic heterocycles. The van der Waals surface area contributed by atoms with Gasteiger partial charge in [0.1, 0.15) is 6.20 Å². The van der Waals surface area contributed by atoms with Crippen LogP contribution in [0.1, 0.15) is 16.7 Å². The number of aromatic nitrogens is 3. The molecule has 0 aliphatic heterocycles. The fourth-order valence-corrected chi connectivity index (χ4v) is 2.94. The van der Waals surface area contributed by atoms with Crippen molar-refractivity contribution < 1.29 is 4.65 Å². The van der Waals surface area contributed by atoms with Crippen molar-refractivity contribution in [2.24, 2.45) is 0 Å². The molecule has 0 saturated heterocycles. The summed E-state index contributed by atoms with van der Waals surface area (Å²) in [6.07, 6.45) is 1.59. The second kappa shape index (κ2) is 8.65. The van der Waals surface area contributed by atoms with Crippen molar-refractivity contribution in [3.8, 4) is 5.69 Å². The van der Waals surface area contributed by atoms with Crippen molar-refractivity contribution in [1.29, 1.82) is 0 Å². The second-order valence-electron chi connectivity index (χ2n) is 5.40. The Kier molecular flexibility index (Phi) is 6.55. The van der Waals surface area contributed by atoms with E-state index < -0.39 is 11.2 Å². The van der Waals surface area contributed by atoms with Gasteiger partial charge in [0.05, 0.1) is 5.69 Å². The predicted molar refractivity (Wildman–Crippen MR) is 98.4 cm³/mol. The maximum absolute atomic E-state index is 11.8. The number of aryl methyl sites for hydroxylation is 1. The monoisotopic (exact) mass is 389 g/mol. The van der Waals surface area contributed by atoms with E-state index in [1.54, 1.807) is 12.1 Å². The molecule has 0 bridgehead atoms. The molecule has 6 nitrogen and oxygen atoms in total. The summed E-state index contributed by atoms with van der Waals surface area (Å²) in [5, 5.41) is 4.65. The molecule has 3 rings (SSSR count). The van der Waals surface area contributed by atoms with E-state index >= 15 is 0 Å². The van der Waals surface area contributed by atoms with E-state index in [0.717, 1.165) is 22.0 Å². The fourth-order valence-electron chi connectivity index (χ4n) is 2.33. The molecule has 0 atom stereocenters. The van der Waals surface area contributed by atoms with E-state index in [2.05, 4.69) is 16.7 Å². The molecular weight excluding hydrogens is 377 g/mol. The van der Waals surface area contributed by atoms with Crippen LogP contribution in [0.15, 0.2) is 52.2 Å². The Morgan fingerprint density at radius 2 is 1.69 bits per heavy atom. The molecule has 0 amide bonds. The molecule has 2 aromatic carbocycles. The van der Waals surface area contributed by atoms with Crippen LogP contribution in [0.2, 0.25) is 10.0 Å². The van der Waals surface area contributed by atoms with Crippen LogP contribution in [0.25, 0.3) is 5.69 Å². The number of nitrogens with one attached hydrogen (secondary N) is 1. The van der Waals surface area contributed by atoms with E-state index in [9.17, 15) is 9.59 Å². The first-order valence-electron chi connectivity index (χ1n) is 7.37. The molecule has 8 heteroatoms. The van der Waals surface area contributed by atoms with E-state index in [1.807, 2.05) is 31.2 Å². The van der Waals surface area contributed by atoms with Crippen molar-refractivity contribution in [1.82, 2.24) is 14.8 Å².